The molecule has 0 aliphatic heterocycles. The first-order chi connectivity index (χ1) is 15.3. The molecule has 0 saturated heterocycles. The van der Waals surface area contributed by atoms with Gasteiger partial charge in [-0.25, -0.2) is 0 Å². The number of aryl methyl sites for hydroxylation is 2. The first-order valence-electron chi connectivity index (χ1n) is 10.8. The van der Waals surface area contributed by atoms with Crippen molar-refractivity contribution in [3.63, 3.8) is 0 Å². The maximum Gasteiger partial charge on any atom is 0.136 e. The Morgan fingerprint density at radius 1 is 0.656 bits per heavy atom. The maximum atomic E-state index is 11.0. The van der Waals surface area contributed by atoms with Crippen molar-refractivity contribution in [1.29, 1.82) is 0 Å². The molecule has 4 bridgehead atoms. The lowest BCUT2D eigenvalue weighted by Gasteiger charge is -2.27. The highest BCUT2D eigenvalue weighted by molar-refractivity contribution is 5.93. The van der Waals surface area contributed by atoms with Gasteiger partial charge in [-0.2, -0.15) is 0 Å². The molecule has 0 spiro atoms. The lowest BCUT2D eigenvalue weighted by molar-refractivity contribution is 0.461. The van der Waals surface area contributed by atoms with E-state index in [1.54, 1.807) is 30.3 Å². The number of hydrogen-bond donors (Lipinski definition) is 2. The molecule has 0 fully saturated rings. The first kappa shape index (κ1) is 20.2. The number of phenolic OH excluding ortho intramolecular Hbond substituents is 2. The fraction of sp³-hybridized carbons (Fsp3) is 0.172. The van der Waals surface area contributed by atoms with E-state index in [4.69, 9.17) is 4.74 Å². The lowest BCUT2D eigenvalue weighted by Crippen LogP contribution is -2.19. The van der Waals surface area contributed by atoms with Crippen molar-refractivity contribution in [2.45, 2.75) is 33.1 Å². The molecule has 2 N–H and O–H groups in total. The lowest BCUT2D eigenvalue weighted by atomic mass is 9.77. The van der Waals surface area contributed by atoms with Crippen LogP contribution < -0.4 is 4.74 Å². The van der Waals surface area contributed by atoms with Crippen molar-refractivity contribution in [1.82, 2.24) is 0 Å². The van der Waals surface area contributed by atoms with Crippen LogP contribution in [0.25, 0.3) is 22.3 Å². The Morgan fingerprint density at radius 2 is 1.22 bits per heavy atom. The standard InChI is InChI=1S/C29H26O3/c1-17-15-19-5-11-23(17)27-25(31)13-14-26(32-22-9-7-21(30)8-10-22)28(27)24-12-6-20(16-18(24)2)29(19,3)4/h5-16,30-31H,1-4H3. The Bertz CT molecular complexity index is 1350. The third-order valence-electron chi connectivity index (χ3n) is 6.64. The molecule has 8 rings (SSSR count). The van der Waals surface area contributed by atoms with Crippen LogP contribution in [0.4, 0.5) is 0 Å². The molecule has 32 heavy (non-hydrogen) atoms. The van der Waals surface area contributed by atoms with Gasteiger partial charge in [0.15, 0.2) is 0 Å². The zero-order valence-electron chi connectivity index (χ0n) is 18.7. The van der Waals surface area contributed by atoms with Crippen molar-refractivity contribution < 1.29 is 14.9 Å². The van der Waals surface area contributed by atoms with E-state index in [-0.39, 0.29) is 16.9 Å². The van der Waals surface area contributed by atoms with E-state index < -0.39 is 0 Å². The number of benzene rings is 4. The van der Waals surface area contributed by atoms with Crippen molar-refractivity contribution >= 4 is 0 Å². The number of ether oxygens (including phenoxy) is 1. The molecule has 0 amide bonds. The van der Waals surface area contributed by atoms with E-state index in [1.165, 1.54) is 11.1 Å². The van der Waals surface area contributed by atoms with Gasteiger partial charge < -0.3 is 14.9 Å². The van der Waals surface area contributed by atoms with E-state index in [1.807, 2.05) is 6.07 Å². The highest BCUT2D eigenvalue weighted by atomic mass is 16.5. The summed E-state index contributed by atoms with van der Waals surface area (Å²) in [5.74, 6) is 1.68. The number of hydrogen-bond acceptors (Lipinski definition) is 3. The van der Waals surface area contributed by atoms with Gasteiger partial charge in [-0.1, -0.05) is 50.2 Å². The molecule has 0 saturated carbocycles. The second-order valence-electron chi connectivity index (χ2n) is 9.11. The smallest absolute Gasteiger partial charge is 0.136 e. The van der Waals surface area contributed by atoms with Gasteiger partial charge in [-0.05, 0) is 83.6 Å². The van der Waals surface area contributed by atoms with Crippen LogP contribution in [0.5, 0.6) is 23.0 Å². The molecular weight excluding hydrogens is 396 g/mol. The summed E-state index contributed by atoms with van der Waals surface area (Å²) in [5.41, 5.74) is 8.20. The Labute approximate surface area is 188 Å². The fourth-order valence-corrected chi connectivity index (χ4v) is 4.67. The van der Waals surface area contributed by atoms with Crippen LogP contribution in [0.15, 0.2) is 72.8 Å². The van der Waals surface area contributed by atoms with Gasteiger partial charge in [0.05, 0.1) is 0 Å². The zero-order chi connectivity index (χ0) is 22.6. The monoisotopic (exact) mass is 422 g/mol. The van der Waals surface area contributed by atoms with E-state index in [0.29, 0.717) is 11.5 Å². The minimum absolute atomic E-state index is 0.142. The summed E-state index contributed by atoms with van der Waals surface area (Å²) in [6, 6.07) is 23.2. The number of aromatic hydroxyl groups is 2. The minimum atomic E-state index is -0.142. The fourth-order valence-electron chi connectivity index (χ4n) is 4.67. The summed E-state index contributed by atoms with van der Waals surface area (Å²) in [4.78, 5) is 0. The van der Waals surface area contributed by atoms with E-state index >= 15 is 0 Å². The molecule has 0 atom stereocenters. The summed E-state index contributed by atoms with van der Waals surface area (Å²) < 4.78 is 6.29. The van der Waals surface area contributed by atoms with Crippen molar-refractivity contribution in [3.05, 3.63) is 95.1 Å². The Balaban J connectivity index is 1.85. The largest absolute Gasteiger partial charge is 0.508 e. The molecule has 0 radical (unpaired) electrons. The van der Waals surface area contributed by atoms with Gasteiger partial charge in [0, 0.05) is 16.5 Å². The molecule has 4 aromatic rings. The van der Waals surface area contributed by atoms with Crippen LogP contribution in [-0.4, -0.2) is 10.2 Å². The molecule has 4 aromatic carbocycles. The summed E-state index contributed by atoms with van der Waals surface area (Å²) in [6.45, 7) is 8.69. The Morgan fingerprint density at radius 3 is 1.78 bits per heavy atom. The van der Waals surface area contributed by atoms with Crippen LogP contribution in [0.1, 0.15) is 36.1 Å². The van der Waals surface area contributed by atoms with Gasteiger partial charge in [-0.3, -0.25) is 0 Å². The molecule has 0 heterocycles. The quantitative estimate of drug-likeness (QED) is 0.352. The third-order valence-corrected chi connectivity index (χ3v) is 6.64. The molecule has 160 valence electrons. The van der Waals surface area contributed by atoms with Crippen LogP contribution in [0, 0.1) is 13.8 Å². The second-order valence-corrected chi connectivity index (χ2v) is 9.11. The van der Waals surface area contributed by atoms with Crippen molar-refractivity contribution in [2.75, 3.05) is 0 Å². The summed E-state index contributed by atoms with van der Waals surface area (Å²) in [5, 5.41) is 20.7. The van der Waals surface area contributed by atoms with Gasteiger partial charge in [0.1, 0.15) is 23.0 Å². The summed E-state index contributed by atoms with van der Waals surface area (Å²) in [6.07, 6.45) is 0. The molecular formula is C29H26O3. The number of phenols is 2. The molecule has 3 nitrogen and oxygen atoms in total. The molecule has 3 heteroatoms. The summed E-state index contributed by atoms with van der Waals surface area (Å²) in [7, 11) is 0. The van der Waals surface area contributed by atoms with Gasteiger partial charge in [0.25, 0.3) is 0 Å². The molecule has 0 unspecified atom stereocenters. The van der Waals surface area contributed by atoms with Crippen molar-refractivity contribution in [2.24, 2.45) is 0 Å². The molecule has 4 aliphatic carbocycles. The second kappa shape index (κ2) is 7.16. The molecule has 4 aliphatic rings. The van der Waals surface area contributed by atoms with E-state index in [0.717, 1.165) is 33.4 Å². The van der Waals surface area contributed by atoms with E-state index in [2.05, 4.69) is 64.1 Å². The third kappa shape index (κ3) is 3.13. The number of rotatable bonds is 2. The SMILES string of the molecule is Cc1cc2ccc1-c1c(O)ccc(Oc3ccc(O)cc3)c1-c1ccc(cc1C)C2(C)C. The Hall–Kier alpha value is -3.72. The van der Waals surface area contributed by atoms with Gasteiger partial charge in [0.2, 0.25) is 0 Å². The maximum absolute atomic E-state index is 11.0. The van der Waals surface area contributed by atoms with Gasteiger partial charge >= 0.3 is 0 Å². The minimum Gasteiger partial charge on any atom is -0.508 e. The Kier molecular flexibility index (Phi) is 4.52. The molecule has 0 aromatic heterocycles. The normalized spacial score (nSPS) is 13.5. The predicted molar refractivity (Wildman–Crippen MR) is 129 cm³/mol. The predicted octanol–water partition coefficient (Wildman–Crippen LogP) is 7.48. The summed E-state index contributed by atoms with van der Waals surface area (Å²) >= 11 is 0. The van der Waals surface area contributed by atoms with Crippen LogP contribution in [0.3, 0.4) is 0 Å². The van der Waals surface area contributed by atoms with Gasteiger partial charge in [-0.15, -0.1) is 0 Å². The van der Waals surface area contributed by atoms with Crippen LogP contribution >= 0.6 is 0 Å². The topological polar surface area (TPSA) is 49.7 Å². The highest BCUT2D eigenvalue weighted by Gasteiger charge is 2.28. The van der Waals surface area contributed by atoms with E-state index in [9.17, 15) is 10.2 Å². The van der Waals surface area contributed by atoms with Crippen LogP contribution in [0.2, 0.25) is 0 Å². The first-order valence-corrected chi connectivity index (χ1v) is 10.8. The zero-order valence-corrected chi connectivity index (χ0v) is 18.7. The average molecular weight is 423 g/mol. The highest BCUT2D eigenvalue weighted by Crippen LogP contribution is 2.49. The van der Waals surface area contributed by atoms with Crippen molar-refractivity contribution in [3.8, 4) is 45.3 Å². The average Bonchev–Trinajstić information content (AvgIpc) is 2.79. The van der Waals surface area contributed by atoms with Crippen LogP contribution in [-0.2, 0) is 5.41 Å².